The molecule has 0 aliphatic rings. The van der Waals surface area contributed by atoms with Crippen molar-refractivity contribution in [3.05, 3.63) is 0 Å². The van der Waals surface area contributed by atoms with Crippen molar-refractivity contribution in [2.45, 2.75) is 58.3 Å². The summed E-state index contributed by atoms with van der Waals surface area (Å²) in [5, 5.41) is 9.46. The second-order valence-electron chi connectivity index (χ2n) is 3.79. The van der Waals surface area contributed by atoms with Crippen LogP contribution in [0.1, 0.15) is 58.3 Å². The summed E-state index contributed by atoms with van der Waals surface area (Å²) >= 11 is 0. The first-order valence-corrected chi connectivity index (χ1v) is 5.64. The molecule has 0 aliphatic carbocycles. The summed E-state index contributed by atoms with van der Waals surface area (Å²) in [6, 6.07) is 0. The molecule has 4 heteroatoms. The largest absolute Gasteiger partial charge is 0.286 e. The Bertz CT molecular complexity index is 152. The zero-order valence-electron chi connectivity index (χ0n) is 9.79. The fraction of sp³-hybridized carbons (Fsp3) is 0.909. The van der Waals surface area contributed by atoms with Crippen molar-refractivity contribution >= 4 is 5.91 Å². The van der Waals surface area contributed by atoms with Gasteiger partial charge in [-0.3, -0.25) is 10.0 Å². The predicted octanol–water partition coefficient (Wildman–Crippen LogP) is 2.97. The van der Waals surface area contributed by atoms with Crippen LogP contribution in [0.25, 0.3) is 0 Å². The van der Waals surface area contributed by atoms with E-state index in [1.807, 2.05) is 0 Å². The molecule has 0 aliphatic heterocycles. The van der Waals surface area contributed by atoms with Gasteiger partial charge in [-0.25, -0.2) is 5.06 Å². The summed E-state index contributed by atoms with van der Waals surface area (Å²) in [6.07, 6.45) is 8.86. The number of unbranched alkanes of at least 4 members (excludes halogenated alkanes) is 6. The van der Waals surface area contributed by atoms with Gasteiger partial charge in [-0.1, -0.05) is 45.4 Å². The van der Waals surface area contributed by atoms with Gasteiger partial charge in [-0.15, -0.1) is 0 Å². The Morgan fingerprint density at radius 3 is 2.00 bits per heavy atom. The number of hydrogen-bond acceptors (Lipinski definition) is 2. The zero-order chi connectivity index (χ0) is 10.8. The van der Waals surface area contributed by atoms with Gasteiger partial charge in [0.15, 0.2) is 0 Å². The Hall–Kier alpha value is -0.0635. The minimum absolute atomic E-state index is 0. The molecule has 0 rings (SSSR count). The zero-order valence-corrected chi connectivity index (χ0v) is 10.8. The van der Waals surface area contributed by atoms with Gasteiger partial charge in [0.05, 0.1) is 0 Å². The maximum atomic E-state index is 11.0. The van der Waals surface area contributed by atoms with Crippen molar-refractivity contribution in [1.82, 2.24) is 5.06 Å². The van der Waals surface area contributed by atoms with Crippen LogP contribution in [0.4, 0.5) is 0 Å². The van der Waals surface area contributed by atoms with Crippen molar-refractivity contribution in [1.29, 1.82) is 0 Å². The van der Waals surface area contributed by atoms with E-state index < -0.39 is 0 Å². The molecule has 93 valence electrons. The molecule has 0 unspecified atom stereocenters. The quantitative estimate of drug-likeness (QED) is 0.414. The molecule has 0 aromatic carbocycles. The molecule has 0 fully saturated rings. The molecule has 3 nitrogen and oxygen atoms in total. The van der Waals surface area contributed by atoms with Gasteiger partial charge in [0.2, 0.25) is 5.91 Å². The van der Waals surface area contributed by atoms with Gasteiger partial charge in [0, 0.05) is 30.2 Å². The van der Waals surface area contributed by atoms with Gasteiger partial charge in [-0.05, 0) is 6.42 Å². The first kappa shape index (κ1) is 17.3. The second kappa shape index (κ2) is 12.0. The summed E-state index contributed by atoms with van der Waals surface area (Å²) < 4.78 is 0. The summed E-state index contributed by atoms with van der Waals surface area (Å²) in [5.41, 5.74) is 0. The van der Waals surface area contributed by atoms with Crippen LogP contribution >= 0.6 is 0 Å². The molecular formula is C11H23CoNO2. The predicted molar refractivity (Wildman–Crippen MR) is 57.2 cm³/mol. The summed E-state index contributed by atoms with van der Waals surface area (Å²) in [6.45, 7) is 2.20. The third kappa shape index (κ3) is 11.9. The fourth-order valence-electron chi connectivity index (χ4n) is 1.40. The van der Waals surface area contributed by atoms with Crippen LogP contribution in [0, 0.1) is 0 Å². The molecule has 15 heavy (non-hydrogen) atoms. The van der Waals surface area contributed by atoms with E-state index in [1.54, 1.807) is 0 Å². The number of carbonyl (C=O) groups excluding carboxylic acids is 1. The number of hydroxylamine groups is 2. The smallest absolute Gasteiger partial charge is 0.245 e. The molecule has 0 atom stereocenters. The summed E-state index contributed by atoms with van der Waals surface area (Å²) in [5.74, 6) is -0.182. The Labute approximate surface area is 103 Å². The summed E-state index contributed by atoms with van der Waals surface area (Å²) in [4.78, 5) is 11.0. The van der Waals surface area contributed by atoms with Gasteiger partial charge in [-0.2, -0.15) is 0 Å². The van der Waals surface area contributed by atoms with Crippen LogP contribution in [0.5, 0.6) is 0 Å². The first-order chi connectivity index (χ1) is 6.68. The summed E-state index contributed by atoms with van der Waals surface area (Å²) in [7, 11) is 1.38. The van der Waals surface area contributed by atoms with E-state index >= 15 is 0 Å². The van der Waals surface area contributed by atoms with E-state index in [9.17, 15) is 4.79 Å². The molecule has 0 spiro atoms. The van der Waals surface area contributed by atoms with Crippen molar-refractivity contribution in [3.63, 3.8) is 0 Å². The van der Waals surface area contributed by atoms with Gasteiger partial charge in [0.1, 0.15) is 0 Å². The minimum Gasteiger partial charge on any atom is -0.286 e. The fourth-order valence-corrected chi connectivity index (χ4v) is 1.40. The van der Waals surface area contributed by atoms with E-state index in [2.05, 4.69) is 6.92 Å². The average Bonchev–Trinajstić information content (AvgIpc) is 2.16. The second-order valence-corrected chi connectivity index (χ2v) is 3.79. The van der Waals surface area contributed by atoms with Crippen LogP contribution in [0.2, 0.25) is 0 Å². The molecule has 1 N–H and O–H groups in total. The third-order valence-corrected chi connectivity index (χ3v) is 2.36. The Kier molecular flexibility index (Phi) is 13.9. The van der Waals surface area contributed by atoms with E-state index in [1.165, 1.54) is 39.2 Å². The monoisotopic (exact) mass is 260 g/mol. The molecule has 0 aromatic heterocycles. The average molecular weight is 260 g/mol. The number of rotatable bonds is 8. The van der Waals surface area contributed by atoms with Crippen LogP contribution < -0.4 is 0 Å². The molecular weight excluding hydrogens is 237 g/mol. The molecule has 1 radical (unpaired) electrons. The molecule has 0 saturated carbocycles. The molecule has 0 bridgehead atoms. The van der Waals surface area contributed by atoms with Crippen LogP contribution in [-0.2, 0) is 21.6 Å². The van der Waals surface area contributed by atoms with Gasteiger partial charge in [0.25, 0.3) is 0 Å². The van der Waals surface area contributed by atoms with Gasteiger partial charge < -0.3 is 0 Å². The Balaban J connectivity index is 0. The molecule has 0 aromatic rings. The van der Waals surface area contributed by atoms with Crippen LogP contribution in [-0.4, -0.2) is 23.2 Å². The van der Waals surface area contributed by atoms with Crippen molar-refractivity contribution < 1.29 is 26.8 Å². The van der Waals surface area contributed by atoms with E-state index in [-0.39, 0.29) is 22.7 Å². The van der Waals surface area contributed by atoms with Crippen LogP contribution in [0.3, 0.4) is 0 Å². The first-order valence-electron chi connectivity index (χ1n) is 5.64. The molecule has 1 amide bonds. The normalized spacial score (nSPS) is 9.53. The Morgan fingerprint density at radius 1 is 1.07 bits per heavy atom. The van der Waals surface area contributed by atoms with E-state index in [0.717, 1.165) is 12.8 Å². The topological polar surface area (TPSA) is 40.5 Å². The maximum Gasteiger partial charge on any atom is 0.245 e. The van der Waals surface area contributed by atoms with Crippen molar-refractivity contribution in [2.75, 3.05) is 7.05 Å². The number of hydrogen-bond donors (Lipinski definition) is 1. The maximum absolute atomic E-state index is 11.0. The number of carbonyl (C=O) groups is 1. The van der Waals surface area contributed by atoms with Crippen molar-refractivity contribution in [3.8, 4) is 0 Å². The van der Waals surface area contributed by atoms with Crippen molar-refractivity contribution in [2.24, 2.45) is 0 Å². The van der Waals surface area contributed by atoms with E-state index in [0.29, 0.717) is 11.5 Å². The number of amides is 1. The third-order valence-electron chi connectivity index (χ3n) is 2.36. The number of nitrogens with zero attached hydrogens (tertiary/aromatic N) is 1. The van der Waals surface area contributed by atoms with E-state index in [4.69, 9.17) is 5.21 Å². The Morgan fingerprint density at radius 2 is 1.53 bits per heavy atom. The van der Waals surface area contributed by atoms with Gasteiger partial charge >= 0.3 is 0 Å². The minimum atomic E-state index is -0.182. The molecule has 0 heterocycles. The SMILES string of the molecule is CCCCCCCCCC(=O)N(C)O.[Co]. The van der Waals surface area contributed by atoms with Crippen LogP contribution in [0.15, 0.2) is 0 Å². The molecule has 0 saturated heterocycles. The standard InChI is InChI=1S/C11H23NO2.Co/c1-3-4-5-6-7-8-9-10-11(13)12(2)14;/h14H,3-10H2,1-2H3;.